The lowest BCUT2D eigenvalue weighted by Gasteiger charge is -2.15. The number of hydrogen-bond acceptors (Lipinski definition) is 3. The monoisotopic (exact) mass is 324 g/mol. The van der Waals surface area contributed by atoms with E-state index in [0.29, 0.717) is 18.8 Å². The van der Waals surface area contributed by atoms with Gasteiger partial charge in [-0.3, -0.25) is 4.68 Å². The summed E-state index contributed by atoms with van der Waals surface area (Å²) in [4.78, 5) is 11.9. The molecule has 1 heterocycles. The number of anilines is 1. The SMILES string of the molecule is COCCn1cc(NC(=O)NC(C)c2ccc(F)cc2F)cn1. The number of methoxy groups -OCH3 is 1. The first-order chi connectivity index (χ1) is 11.0. The molecule has 0 aliphatic carbocycles. The Bertz CT molecular complexity index is 675. The summed E-state index contributed by atoms with van der Waals surface area (Å²) < 4.78 is 33.1. The molecule has 1 unspecified atom stereocenters. The second kappa shape index (κ2) is 7.68. The highest BCUT2D eigenvalue weighted by Gasteiger charge is 2.14. The molecular formula is C15H18F2N4O2. The van der Waals surface area contributed by atoms with Crippen molar-refractivity contribution in [2.45, 2.75) is 19.5 Å². The molecule has 1 aromatic carbocycles. The van der Waals surface area contributed by atoms with Crippen molar-refractivity contribution in [3.8, 4) is 0 Å². The van der Waals surface area contributed by atoms with Crippen molar-refractivity contribution in [3.63, 3.8) is 0 Å². The van der Waals surface area contributed by atoms with Crippen molar-refractivity contribution in [3.05, 3.63) is 47.8 Å². The first-order valence-electron chi connectivity index (χ1n) is 7.03. The normalized spacial score (nSPS) is 12.0. The minimum Gasteiger partial charge on any atom is -0.383 e. The molecule has 2 aromatic rings. The lowest BCUT2D eigenvalue weighted by atomic mass is 10.1. The lowest BCUT2D eigenvalue weighted by Crippen LogP contribution is -2.31. The predicted molar refractivity (Wildman–Crippen MR) is 81.0 cm³/mol. The van der Waals surface area contributed by atoms with Gasteiger partial charge in [-0.05, 0) is 13.0 Å². The van der Waals surface area contributed by atoms with Crippen LogP contribution in [0.25, 0.3) is 0 Å². The van der Waals surface area contributed by atoms with Crippen LogP contribution >= 0.6 is 0 Å². The highest BCUT2D eigenvalue weighted by molar-refractivity contribution is 5.89. The molecule has 0 radical (unpaired) electrons. The Kier molecular flexibility index (Phi) is 5.64. The molecule has 124 valence electrons. The second-order valence-corrected chi connectivity index (χ2v) is 4.97. The predicted octanol–water partition coefficient (Wildman–Crippen LogP) is 2.69. The van der Waals surface area contributed by atoms with Crippen molar-refractivity contribution in [2.75, 3.05) is 19.0 Å². The van der Waals surface area contributed by atoms with E-state index >= 15 is 0 Å². The number of benzene rings is 1. The molecule has 1 atom stereocenters. The number of ether oxygens (including phenoxy) is 1. The summed E-state index contributed by atoms with van der Waals surface area (Å²) in [5.74, 6) is -1.36. The Hall–Kier alpha value is -2.48. The van der Waals surface area contributed by atoms with Crippen molar-refractivity contribution < 1.29 is 18.3 Å². The van der Waals surface area contributed by atoms with Gasteiger partial charge in [-0.2, -0.15) is 5.10 Å². The third-order valence-corrected chi connectivity index (χ3v) is 3.19. The minimum absolute atomic E-state index is 0.206. The minimum atomic E-state index is -0.704. The topological polar surface area (TPSA) is 68.2 Å². The number of carbonyl (C=O) groups excluding carboxylic acids is 1. The third kappa shape index (κ3) is 4.75. The fraction of sp³-hybridized carbons (Fsp3) is 0.333. The van der Waals surface area contributed by atoms with Gasteiger partial charge in [0.05, 0.1) is 31.1 Å². The summed E-state index contributed by atoms with van der Waals surface area (Å²) >= 11 is 0. The number of nitrogens with one attached hydrogen (secondary N) is 2. The molecule has 6 nitrogen and oxygen atoms in total. The lowest BCUT2D eigenvalue weighted by molar-refractivity contribution is 0.183. The highest BCUT2D eigenvalue weighted by atomic mass is 19.1. The van der Waals surface area contributed by atoms with E-state index in [1.54, 1.807) is 24.9 Å². The van der Waals surface area contributed by atoms with Gasteiger partial charge in [0.2, 0.25) is 0 Å². The summed E-state index contributed by atoms with van der Waals surface area (Å²) in [5.41, 5.74) is 0.711. The molecule has 0 aliphatic rings. The Balaban J connectivity index is 1.92. The summed E-state index contributed by atoms with van der Waals surface area (Å²) in [6.07, 6.45) is 3.15. The summed E-state index contributed by atoms with van der Waals surface area (Å²) in [7, 11) is 1.59. The van der Waals surface area contributed by atoms with Crippen LogP contribution in [0.2, 0.25) is 0 Å². The quantitative estimate of drug-likeness (QED) is 0.858. The van der Waals surface area contributed by atoms with Crippen LogP contribution in [0.15, 0.2) is 30.6 Å². The average molecular weight is 324 g/mol. The van der Waals surface area contributed by atoms with Gasteiger partial charge in [0.15, 0.2) is 0 Å². The van der Waals surface area contributed by atoms with E-state index in [4.69, 9.17) is 4.74 Å². The van der Waals surface area contributed by atoms with Crippen molar-refractivity contribution in [1.29, 1.82) is 0 Å². The molecule has 23 heavy (non-hydrogen) atoms. The van der Waals surface area contributed by atoms with Gasteiger partial charge < -0.3 is 15.4 Å². The number of carbonyl (C=O) groups is 1. The largest absolute Gasteiger partial charge is 0.383 e. The molecule has 2 rings (SSSR count). The van der Waals surface area contributed by atoms with Crippen molar-refractivity contribution in [2.24, 2.45) is 0 Å². The van der Waals surface area contributed by atoms with Crippen LogP contribution in [0.3, 0.4) is 0 Å². The molecule has 0 saturated carbocycles. The third-order valence-electron chi connectivity index (χ3n) is 3.19. The molecule has 0 bridgehead atoms. The highest BCUT2D eigenvalue weighted by Crippen LogP contribution is 2.17. The Morgan fingerprint density at radius 3 is 2.91 bits per heavy atom. The molecule has 2 N–H and O–H groups in total. The molecule has 8 heteroatoms. The maximum atomic E-state index is 13.7. The van der Waals surface area contributed by atoms with Gasteiger partial charge >= 0.3 is 6.03 Å². The van der Waals surface area contributed by atoms with E-state index in [9.17, 15) is 13.6 Å². The number of halogens is 2. The van der Waals surface area contributed by atoms with Gasteiger partial charge in [-0.15, -0.1) is 0 Å². The number of urea groups is 1. The smallest absolute Gasteiger partial charge is 0.319 e. The van der Waals surface area contributed by atoms with Crippen LogP contribution in [0, 0.1) is 11.6 Å². The average Bonchev–Trinajstić information content (AvgIpc) is 2.92. The maximum Gasteiger partial charge on any atom is 0.319 e. The molecule has 1 aromatic heterocycles. The molecular weight excluding hydrogens is 306 g/mol. The van der Waals surface area contributed by atoms with Crippen LogP contribution in [0.1, 0.15) is 18.5 Å². The van der Waals surface area contributed by atoms with Crippen LogP contribution in [-0.4, -0.2) is 29.5 Å². The van der Waals surface area contributed by atoms with Crippen LogP contribution < -0.4 is 10.6 Å². The van der Waals surface area contributed by atoms with E-state index in [0.717, 1.165) is 12.1 Å². The summed E-state index contributed by atoms with van der Waals surface area (Å²) in [5, 5.41) is 9.24. The number of hydrogen-bond donors (Lipinski definition) is 2. The van der Waals surface area contributed by atoms with Gasteiger partial charge in [0.1, 0.15) is 11.6 Å². The number of nitrogens with zero attached hydrogens (tertiary/aromatic N) is 2. The molecule has 0 saturated heterocycles. The van der Waals surface area contributed by atoms with Gasteiger partial charge in [-0.1, -0.05) is 6.07 Å². The fourth-order valence-corrected chi connectivity index (χ4v) is 2.03. The zero-order chi connectivity index (χ0) is 16.8. The van der Waals surface area contributed by atoms with E-state index in [-0.39, 0.29) is 5.56 Å². The zero-order valence-corrected chi connectivity index (χ0v) is 12.8. The fourth-order valence-electron chi connectivity index (χ4n) is 2.03. The number of aromatic nitrogens is 2. The molecule has 0 aliphatic heterocycles. The Labute approximate surface area is 132 Å². The zero-order valence-electron chi connectivity index (χ0n) is 12.8. The van der Waals surface area contributed by atoms with E-state index in [2.05, 4.69) is 15.7 Å². The van der Waals surface area contributed by atoms with Gasteiger partial charge in [-0.25, -0.2) is 13.6 Å². The first-order valence-corrected chi connectivity index (χ1v) is 7.03. The van der Waals surface area contributed by atoms with Gasteiger partial charge in [0, 0.05) is 24.9 Å². The standard InChI is InChI=1S/C15H18F2N4O2/c1-10(13-4-3-11(16)7-14(13)17)19-15(22)20-12-8-18-21(9-12)5-6-23-2/h3-4,7-10H,5-6H2,1-2H3,(H2,19,20,22). The Morgan fingerprint density at radius 2 is 2.22 bits per heavy atom. The second-order valence-electron chi connectivity index (χ2n) is 4.97. The number of amides is 2. The molecule has 2 amide bonds. The van der Waals surface area contributed by atoms with Crippen LogP contribution in [0.4, 0.5) is 19.3 Å². The summed E-state index contributed by atoms with van der Waals surface area (Å²) in [6, 6.07) is 2.12. The first kappa shape index (κ1) is 16.9. The van der Waals surface area contributed by atoms with Crippen LogP contribution in [0.5, 0.6) is 0 Å². The van der Waals surface area contributed by atoms with Crippen molar-refractivity contribution in [1.82, 2.24) is 15.1 Å². The Morgan fingerprint density at radius 1 is 1.43 bits per heavy atom. The van der Waals surface area contributed by atoms with E-state index in [1.165, 1.54) is 12.3 Å². The summed E-state index contributed by atoms with van der Waals surface area (Å²) in [6.45, 7) is 2.68. The van der Waals surface area contributed by atoms with Gasteiger partial charge in [0.25, 0.3) is 0 Å². The van der Waals surface area contributed by atoms with E-state index in [1.807, 2.05) is 0 Å². The van der Waals surface area contributed by atoms with E-state index < -0.39 is 23.7 Å². The molecule has 0 fully saturated rings. The van der Waals surface area contributed by atoms with Crippen molar-refractivity contribution >= 4 is 11.7 Å². The molecule has 0 spiro atoms. The maximum absolute atomic E-state index is 13.7. The van der Waals surface area contributed by atoms with Crippen LogP contribution in [-0.2, 0) is 11.3 Å². The number of rotatable bonds is 6.